The number of hydrogen-bond donors (Lipinski definition) is 1. The Hall–Kier alpha value is -2.37. The summed E-state index contributed by atoms with van der Waals surface area (Å²) in [5.74, 6) is 1.55. The summed E-state index contributed by atoms with van der Waals surface area (Å²) in [5.41, 5.74) is 1.95. The summed E-state index contributed by atoms with van der Waals surface area (Å²) in [6.07, 6.45) is 8.28. The van der Waals surface area contributed by atoms with Gasteiger partial charge < -0.3 is 14.8 Å². The van der Waals surface area contributed by atoms with Gasteiger partial charge in [-0.2, -0.15) is 0 Å². The molecule has 1 aliphatic carbocycles. The van der Waals surface area contributed by atoms with Crippen molar-refractivity contribution in [2.45, 2.75) is 57.9 Å². The molecule has 1 aliphatic heterocycles. The molecule has 28 heavy (non-hydrogen) atoms. The van der Waals surface area contributed by atoms with E-state index in [1.807, 2.05) is 29.2 Å². The number of para-hydroxylation sites is 2. The number of imidazole rings is 1. The molecule has 1 saturated heterocycles. The van der Waals surface area contributed by atoms with E-state index in [9.17, 15) is 9.59 Å². The lowest BCUT2D eigenvalue weighted by molar-refractivity contribution is -0.131. The van der Waals surface area contributed by atoms with Gasteiger partial charge in [0, 0.05) is 32.0 Å². The molecule has 0 atom stereocenters. The zero-order chi connectivity index (χ0) is 19.3. The fourth-order valence-corrected chi connectivity index (χ4v) is 4.00. The quantitative estimate of drug-likeness (QED) is 0.749. The van der Waals surface area contributed by atoms with Crippen LogP contribution in [0.2, 0.25) is 0 Å². The van der Waals surface area contributed by atoms with Gasteiger partial charge in [0.15, 0.2) is 0 Å². The number of aromatic nitrogens is 2. The molecule has 150 valence electrons. The molecule has 0 spiro atoms. The Balaban J connectivity index is 1.43. The van der Waals surface area contributed by atoms with Crippen LogP contribution in [0.1, 0.15) is 50.8 Å². The molecule has 1 N–H and O–H groups in total. The monoisotopic (exact) mass is 382 g/mol. The van der Waals surface area contributed by atoms with Crippen LogP contribution in [0.5, 0.6) is 0 Å². The first-order valence-electron chi connectivity index (χ1n) is 10.7. The van der Waals surface area contributed by atoms with Crippen LogP contribution in [0.15, 0.2) is 24.3 Å². The van der Waals surface area contributed by atoms with Gasteiger partial charge in [0.25, 0.3) is 0 Å². The van der Waals surface area contributed by atoms with Gasteiger partial charge in [0.1, 0.15) is 12.4 Å². The van der Waals surface area contributed by atoms with E-state index in [4.69, 9.17) is 4.98 Å². The fourth-order valence-electron chi connectivity index (χ4n) is 4.00. The van der Waals surface area contributed by atoms with Crippen molar-refractivity contribution in [3.63, 3.8) is 0 Å². The number of nitrogens with one attached hydrogen (secondary N) is 1. The van der Waals surface area contributed by atoms with Crippen molar-refractivity contribution in [3.8, 4) is 0 Å². The summed E-state index contributed by atoms with van der Waals surface area (Å²) in [5, 5.41) is 3.02. The number of aryl methyl sites for hydroxylation is 1. The van der Waals surface area contributed by atoms with Gasteiger partial charge >= 0.3 is 0 Å². The Morgan fingerprint density at radius 1 is 1.07 bits per heavy atom. The van der Waals surface area contributed by atoms with Crippen molar-refractivity contribution < 1.29 is 9.59 Å². The lowest BCUT2D eigenvalue weighted by Gasteiger charge is -2.21. The minimum Gasteiger partial charge on any atom is -0.356 e. The highest BCUT2D eigenvalue weighted by atomic mass is 16.2. The second-order valence-electron chi connectivity index (χ2n) is 8.07. The standard InChI is InChI=1S/C22H30N4O2/c27-21(25-14-5-1-2-6-15-25)16-26-19-9-4-3-8-18(19)24-20(26)10-7-13-23-22(28)17-11-12-17/h3-4,8-9,17H,1-2,5-7,10-16H2,(H,23,28). The second kappa shape index (κ2) is 8.76. The predicted octanol–water partition coefficient (Wildman–Crippen LogP) is 2.90. The van der Waals surface area contributed by atoms with Gasteiger partial charge in [-0.15, -0.1) is 0 Å². The topological polar surface area (TPSA) is 67.2 Å². The molecule has 1 aromatic heterocycles. The van der Waals surface area contributed by atoms with Crippen LogP contribution in [0, 0.1) is 5.92 Å². The summed E-state index contributed by atoms with van der Waals surface area (Å²) in [7, 11) is 0. The van der Waals surface area contributed by atoms with E-state index in [1.165, 1.54) is 12.8 Å². The molecule has 2 heterocycles. The Kier molecular flexibility index (Phi) is 5.93. The predicted molar refractivity (Wildman–Crippen MR) is 109 cm³/mol. The normalized spacial score (nSPS) is 17.5. The summed E-state index contributed by atoms with van der Waals surface area (Å²) >= 11 is 0. The minimum absolute atomic E-state index is 0.185. The number of carbonyl (C=O) groups is 2. The average molecular weight is 383 g/mol. The van der Waals surface area contributed by atoms with Gasteiger partial charge in [-0.05, 0) is 44.2 Å². The molecule has 6 nitrogen and oxygen atoms in total. The Morgan fingerprint density at radius 2 is 1.82 bits per heavy atom. The third-order valence-corrected chi connectivity index (χ3v) is 5.81. The van der Waals surface area contributed by atoms with Crippen LogP contribution in [-0.2, 0) is 22.6 Å². The molecular weight excluding hydrogens is 352 g/mol. The Labute approximate surface area is 166 Å². The Bertz CT molecular complexity index is 832. The maximum atomic E-state index is 12.9. The van der Waals surface area contributed by atoms with Gasteiger partial charge in [0.2, 0.25) is 11.8 Å². The lowest BCUT2D eigenvalue weighted by Crippen LogP contribution is -2.35. The molecule has 0 radical (unpaired) electrons. The number of amides is 2. The van der Waals surface area contributed by atoms with Crippen molar-refractivity contribution in [2.75, 3.05) is 19.6 Å². The van der Waals surface area contributed by atoms with Crippen LogP contribution in [0.25, 0.3) is 11.0 Å². The molecule has 0 bridgehead atoms. The molecule has 2 amide bonds. The van der Waals surface area contributed by atoms with Gasteiger partial charge in [-0.3, -0.25) is 9.59 Å². The minimum atomic E-state index is 0.185. The second-order valence-corrected chi connectivity index (χ2v) is 8.07. The number of hydrogen-bond acceptors (Lipinski definition) is 3. The third kappa shape index (κ3) is 4.54. The highest BCUT2D eigenvalue weighted by Crippen LogP contribution is 2.28. The molecule has 1 aromatic carbocycles. The number of benzene rings is 1. The first-order valence-corrected chi connectivity index (χ1v) is 10.7. The zero-order valence-electron chi connectivity index (χ0n) is 16.5. The smallest absolute Gasteiger partial charge is 0.242 e. The first kappa shape index (κ1) is 19.0. The van der Waals surface area contributed by atoms with Crippen molar-refractivity contribution >= 4 is 22.8 Å². The first-order chi connectivity index (χ1) is 13.7. The van der Waals surface area contributed by atoms with E-state index in [0.717, 1.165) is 68.5 Å². The number of fused-ring (bicyclic) bond motifs is 1. The molecular formula is C22H30N4O2. The summed E-state index contributed by atoms with van der Waals surface area (Å²) in [6.45, 7) is 2.75. The summed E-state index contributed by atoms with van der Waals surface area (Å²) in [4.78, 5) is 31.5. The molecule has 2 fully saturated rings. The fraction of sp³-hybridized carbons (Fsp3) is 0.591. The SMILES string of the molecule is O=C(NCCCc1nc2ccccc2n1CC(=O)N1CCCCCC1)C1CC1. The van der Waals surface area contributed by atoms with Gasteiger partial charge in [0.05, 0.1) is 11.0 Å². The molecule has 6 heteroatoms. The highest BCUT2D eigenvalue weighted by molar-refractivity contribution is 5.81. The van der Waals surface area contributed by atoms with Crippen LogP contribution >= 0.6 is 0 Å². The van der Waals surface area contributed by atoms with Crippen LogP contribution in [0.3, 0.4) is 0 Å². The average Bonchev–Trinajstić information content (AvgIpc) is 3.52. The lowest BCUT2D eigenvalue weighted by atomic mass is 10.2. The third-order valence-electron chi connectivity index (χ3n) is 5.81. The van der Waals surface area contributed by atoms with Crippen LogP contribution < -0.4 is 5.32 Å². The van der Waals surface area contributed by atoms with Crippen molar-refractivity contribution in [2.24, 2.45) is 5.92 Å². The largest absolute Gasteiger partial charge is 0.356 e. The van der Waals surface area contributed by atoms with E-state index in [2.05, 4.69) is 9.88 Å². The number of carbonyl (C=O) groups excluding carboxylic acids is 2. The summed E-state index contributed by atoms with van der Waals surface area (Å²) in [6, 6.07) is 8.02. The van der Waals surface area contributed by atoms with E-state index in [-0.39, 0.29) is 17.7 Å². The van der Waals surface area contributed by atoms with Gasteiger partial charge in [-0.25, -0.2) is 4.98 Å². The van der Waals surface area contributed by atoms with E-state index in [1.54, 1.807) is 0 Å². The van der Waals surface area contributed by atoms with E-state index in [0.29, 0.717) is 13.1 Å². The maximum Gasteiger partial charge on any atom is 0.242 e. The highest BCUT2D eigenvalue weighted by Gasteiger charge is 2.29. The Morgan fingerprint density at radius 3 is 2.57 bits per heavy atom. The number of nitrogens with zero attached hydrogens (tertiary/aromatic N) is 3. The zero-order valence-corrected chi connectivity index (χ0v) is 16.5. The molecule has 2 aliphatic rings. The molecule has 4 rings (SSSR count). The van der Waals surface area contributed by atoms with Gasteiger partial charge in [-0.1, -0.05) is 25.0 Å². The molecule has 0 unspecified atom stereocenters. The molecule has 2 aromatic rings. The number of likely N-dealkylation sites (tertiary alicyclic amines) is 1. The van der Waals surface area contributed by atoms with Crippen molar-refractivity contribution in [1.29, 1.82) is 0 Å². The van der Waals surface area contributed by atoms with E-state index >= 15 is 0 Å². The summed E-state index contributed by atoms with van der Waals surface area (Å²) < 4.78 is 2.07. The van der Waals surface area contributed by atoms with Crippen molar-refractivity contribution in [3.05, 3.63) is 30.1 Å². The molecule has 1 saturated carbocycles. The van der Waals surface area contributed by atoms with Crippen LogP contribution in [-0.4, -0.2) is 45.9 Å². The number of rotatable bonds is 7. The van der Waals surface area contributed by atoms with Crippen LogP contribution in [0.4, 0.5) is 0 Å². The van der Waals surface area contributed by atoms with E-state index < -0.39 is 0 Å². The van der Waals surface area contributed by atoms with Crippen molar-refractivity contribution in [1.82, 2.24) is 19.8 Å². The maximum absolute atomic E-state index is 12.9.